The molecule has 0 aromatic rings. The van der Waals surface area contributed by atoms with E-state index in [1.807, 2.05) is 0 Å². The molecule has 8 nitrogen and oxygen atoms in total. The summed E-state index contributed by atoms with van der Waals surface area (Å²) in [5.74, 6) is -1.02. The summed E-state index contributed by atoms with van der Waals surface area (Å²) in [6.45, 7) is 5.79. The van der Waals surface area contributed by atoms with Gasteiger partial charge in [-0.15, -0.1) is 0 Å². The highest BCUT2D eigenvalue weighted by atomic mass is 32.2. The van der Waals surface area contributed by atoms with Gasteiger partial charge in [0.25, 0.3) is 0 Å². The molecule has 2 N–H and O–H groups in total. The molecule has 0 aromatic heterocycles. The summed E-state index contributed by atoms with van der Waals surface area (Å²) >= 11 is 6.54. The number of carboxylic acids is 2. The molecular formula is C38H72O8S2. The maximum Gasteiger partial charge on any atom is 0.332 e. The highest BCUT2D eigenvalue weighted by molar-refractivity contribution is 7.99. The molecule has 0 saturated carbocycles. The fourth-order valence-electron chi connectivity index (χ4n) is 4.98. The van der Waals surface area contributed by atoms with Crippen LogP contribution in [0.5, 0.6) is 0 Å². The summed E-state index contributed by atoms with van der Waals surface area (Å²) in [6, 6.07) is 0. The summed E-state index contributed by atoms with van der Waals surface area (Å²) in [7, 11) is 0. The van der Waals surface area contributed by atoms with Gasteiger partial charge in [0.15, 0.2) is 5.05 Å². The van der Waals surface area contributed by atoms with Crippen LogP contribution in [0.2, 0.25) is 0 Å². The predicted octanol–water partition coefficient (Wildman–Crippen LogP) is 11.0. The van der Waals surface area contributed by atoms with Crippen molar-refractivity contribution in [3.63, 3.8) is 0 Å². The summed E-state index contributed by atoms with van der Waals surface area (Å²) < 4.78 is 16.1. The molecule has 0 spiro atoms. The number of unbranched alkanes of at least 4 members (excludes halogenated alkanes) is 22. The monoisotopic (exact) mass is 720 g/mol. The van der Waals surface area contributed by atoms with Crippen molar-refractivity contribution in [1.29, 1.82) is 0 Å². The number of rotatable bonds is 36. The van der Waals surface area contributed by atoms with Gasteiger partial charge in [0.2, 0.25) is 0 Å². The lowest BCUT2D eigenvalue weighted by atomic mass is 10.1. The van der Waals surface area contributed by atoms with Crippen LogP contribution in [0.3, 0.4) is 0 Å². The van der Waals surface area contributed by atoms with Crippen molar-refractivity contribution in [2.24, 2.45) is 0 Å². The van der Waals surface area contributed by atoms with Crippen molar-refractivity contribution in [2.45, 2.75) is 181 Å². The van der Waals surface area contributed by atoms with Crippen molar-refractivity contribution in [3.05, 3.63) is 0 Å². The largest absolute Gasteiger partial charge is 0.485 e. The number of thioether (sulfide) groups is 1. The van der Waals surface area contributed by atoms with Crippen LogP contribution in [-0.4, -0.2) is 71.1 Å². The zero-order valence-corrected chi connectivity index (χ0v) is 32.4. The third kappa shape index (κ3) is 46.7. The number of ether oxygens (including phenoxy) is 3. The summed E-state index contributed by atoms with van der Waals surface area (Å²) in [4.78, 5) is 31.7. The molecule has 0 radical (unpaired) electrons. The Hall–Kier alpha value is -1.39. The number of hydrogen-bond donors (Lipinski definition) is 2. The Morgan fingerprint density at radius 3 is 1.19 bits per heavy atom. The third-order valence-corrected chi connectivity index (χ3v) is 9.10. The van der Waals surface area contributed by atoms with Crippen LogP contribution in [0.1, 0.15) is 181 Å². The van der Waals surface area contributed by atoms with Crippen molar-refractivity contribution in [2.75, 3.05) is 37.9 Å². The molecule has 284 valence electrons. The Balaban J connectivity index is 0. The standard InChI is InChI=1S/C32H62O4S.C6H10O4S/c1-3-5-7-9-11-13-15-17-19-21-23-25-27-35-31(33)29-34-30-32(37)36-28-26-24-22-20-18-16-14-12-10-8-6-4-2;7-5(8)1-3-11-4-2-6(9)10/h3-30H2,1-2H3;1-4H2,(H,7,8)(H,9,10). The molecular weight excluding hydrogens is 649 g/mol. The number of carbonyl (C=O) groups is 3. The van der Waals surface area contributed by atoms with Gasteiger partial charge < -0.3 is 24.4 Å². The van der Waals surface area contributed by atoms with Gasteiger partial charge in [-0.1, -0.05) is 155 Å². The Kier molecular flexibility index (Phi) is 42.4. The Morgan fingerprint density at radius 1 is 0.500 bits per heavy atom. The van der Waals surface area contributed by atoms with Gasteiger partial charge >= 0.3 is 17.9 Å². The molecule has 0 aliphatic rings. The minimum atomic E-state index is -0.840. The predicted molar refractivity (Wildman–Crippen MR) is 204 cm³/mol. The molecule has 0 atom stereocenters. The molecule has 0 aromatic carbocycles. The van der Waals surface area contributed by atoms with Gasteiger partial charge in [-0.05, 0) is 25.1 Å². The van der Waals surface area contributed by atoms with E-state index in [1.54, 1.807) is 0 Å². The quantitative estimate of drug-likeness (QED) is 0.0367. The van der Waals surface area contributed by atoms with Crippen molar-refractivity contribution >= 4 is 46.9 Å². The minimum Gasteiger partial charge on any atom is -0.485 e. The second kappa shape index (κ2) is 41.8. The molecule has 0 bridgehead atoms. The fourth-order valence-corrected chi connectivity index (χ4v) is 5.99. The van der Waals surface area contributed by atoms with E-state index >= 15 is 0 Å². The van der Waals surface area contributed by atoms with E-state index in [2.05, 4.69) is 13.8 Å². The van der Waals surface area contributed by atoms with E-state index < -0.39 is 11.9 Å². The molecule has 48 heavy (non-hydrogen) atoms. The van der Waals surface area contributed by atoms with Gasteiger partial charge in [0, 0.05) is 11.5 Å². The van der Waals surface area contributed by atoms with Crippen LogP contribution in [-0.2, 0) is 28.6 Å². The number of aliphatic carboxylic acids is 2. The fraction of sp³-hybridized carbons (Fsp3) is 0.895. The van der Waals surface area contributed by atoms with E-state index in [0.717, 1.165) is 19.3 Å². The Bertz CT molecular complexity index is 677. The van der Waals surface area contributed by atoms with E-state index in [1.165, 1.54) is 147 Å². The van der Waals surface area contributed by atoms with E-state index in [4.69, 9.17) is 36.6 Å². The van der Waals surface area contributed by atoms with Crippen molar-refractivity contribution in [3.8, 4) is 0 Å². The normalized spacial score (nSPS) is 10.7. The summed E-state index contributed by atoms with van der Waals surface area (Å²) in [6.07, 6.45) is 31.7. The topological polar surface area (TPSA) is 119 Å². The smallest absolute Gasteiger partial charge is 0.332 e. The molecule has 0 saturated heterocycles. The number of carboxylic acid groups (broad SMARTS) is 2. The van der Waals surface area contributed by atoms with Crippen LogP contribution in [0.4, 0.5) is 0 Å². The van der Waals surface area contributed by atoms with Crippen molar-refractivity contribution in [1.82, 2.24) is 0 Å². The van der Waals surface area contributed by atoms with E-state index in [9.17, 15) is 14.4 Å². The molecule has 0 unspecified atom stereocenters. The Labute approximate surface area is 303 Å². The van der Waals surface area contributed by atoms with Gasteiger partial charge in [0.1, 0.15) is 13.2 Å². The highest BCUT2D eigenvalue weighted by Crippen LogP contribution is 2.13. The van der Waals surface area contributed by atoms with E-state index in [0.29, 0.717) is 29.8 Å². The zero-order valence-electron chi connectivity index (χ0n) is 30.8. The van der Waals surface area contributed by atoms with E-state index in [-0.39, 0.29) is 32.0 Å². The van der Waals surface area contributed by atoms with Gasteiger partial charge in [0.05, 0.1) is 26.1 Å². The number of hydrogen-bond acceptors (Lipinski definition) is 8. The molecule has 0 amide bonds. The molecule has 0 rings (SSSR count). The first-order valence-corrected chi connectivity index (χ1v) is 20.8. The molecule has 10 heteroatoms. The summed E-state index contributed by atoms with van der Waals surface area (Å²) in [5, 5.41) is 16.8. The second-order valence-electron chi connectivity index (χ2n) is 12.6. The minimum absolute atomic E-state index is 0.0552. The lowest BCUT2D eigenvalue weighted by Crippen LogP contribution is -2.18. The molecule has 0 aliphatic carbocycles. The van der Waals surface area contributed by atoms with Crippen LogP contribution >= 0.6 is 24.0 Å². The Morgan fingerprint density at radius 2 is 0.833 bits per heavy atom. The maximum atomic E-state index is 11.8. The zero-order chi connectivity index (χ0) is 35.8. The SMILES string of the molecule is CCCCCCCCCCCCCCOC(=O)COCC(=S)OCCCCCCCCCCCCCC.O=C(O)CCSCCC(=O)O. The van der Waals surface area contributed by atoms with Gasteiger partial charge in [-0.2, -0.15) is 11.8 Å². The first-order chi connectivity index (χ1) is 23.3. The van der Waals surface area contributed by atoms with Crippen LogP contribution in [0.25, 0.3) is 0 Å². The third-order valence-electron chi connectivity index (χ3n) is 7.88. The second-order valence-corrected chi connectivity index (χ2v) is 14.3. The summed E-state index contributed by atoms with van der Waals surface area (Å²) in [5.41, 5.74) is 0. The lowest BCUT2D eigenvalue weighted by molar-refractivity contribution is -0.148. The van der Waals surface area contributed by atoms with Crippen LogP contribution in [0.15, 0.2) is 0 Å². The first-order valence-electron chi connectivity index (χ1n) is 19.2. The molecule has 0 aliphatic heterocycles. The van der Waals surface area contributed by atoms with Crippen molar-refractivity contribution < 1.29 is 38.8 Å². The van der Waals surface area contributed by atoms with Crippen LogP contribution < -0.4 is 0 Å². The average molecular weight is 721 g/mol. The number of carbonyl (C=O) groups excluding carboxylic acids is 1. The highest BCUT2D eigenvalue weighted by Gasteiger charge is 2.05. The number of esters is 1. The average Bonchev–Trinajstić information content (AvgIpc) is 3.05. The number of thiocarbonyl (C=S) groups is 1. The molecule has 0 heterocycles. The first kappa shape index (κ1) is 48.7. The molecule has 0 fully saturated rings. The van der Waals surface area contributed by atoms with Crippen LogP contribution in [0, 0.1) is 0 Å². The lowest BCUT2D eigenvalue weighted by Gasteiger charge is -2.09. The van der Waals surface area contributed by atoms with Gasteiger partial charge in [-0.25, -0.2) is 4.79 Å². The van der Waals surface area contributed by atoms with Gasteiger partial charge in [-0.3, -0.25) is 9.59 Å². The maximum absolute atomic E-state index is 11.8.